The summed E-state index contributed by atoms with van der Waals surface area (Å²) in [6.07, 6.45) is 1.51. The molecule has 0 fully saturated rings. The van der Waals surface area contributed by atoms with Gasteiger partial charge in [-0.15, -0.1) is 0 Å². The van der Waals surface area contributed by atoms with Crippen molar-refractivity contribution in [3.8, 4) is 5.75 Å². The second kappa shape index (κ2) is 6.32. The first-order chi connectivity index (χ1) is 10.7. The van der Waals surface area contributed by atoms with Crippen LogP contribution in [0.5, 0.6) is 5.75 Å². The molecule has 1 atom stereocenters. The molecule has 1 aliphatic heterocycles. The van der Waals surface area contributed by atoms with Crippen LogP contribution in [0.3, 0.4) is 0 Å². The highest BCUT2D eigenvalue weighted by molar-refractivity contribution is 6.37. The number of methoxy groups -OCH3 is 1. The number of rotatable bonds is 4. The fourth-order valence-electron chi connectivity index (χ4n) is 2.77. The van der Waals surface area contributed by atoms with Gasteiger partial charge in [0.25, 0.3) is 0 Å². The molecule has 5 heteroatoms. The highest BCUT2D eigenvalue weighted by atomic mass is 16.6. The van der Waals surface area contributed by atoms with Crippen molar-refractivity contribution in [2.24, 2.45) is 4.99 Å². The molecular formula is C18H25NO4. The molecule has 126 valence electrons. The zero-order valence-electron chi connectivity index (χ0n) is 14.5. The molecule has 1 N–H and O–H groups in total. The molecule has 1 heterocycles. The van der Waals surface area contributed by atoms with Crippen LogP contribution in [0, 0.1) is 0 Å². The van der Waals surface area contributed by atoms with E-state index in [1.54, 1.807) is 19.2 Å². The molecule has 0 aliphatic carbocycles. The van der Waals surface area contributed by atoms with Crippen LogP contribution < -0.4 is 4.74 Å². The van der Waals surface area contributed by atoms with E-state index in [-0.39, 0.29) is 12.1 Å². The van der Waals surface area contributed by atoms with E-state index in [1.165, 1.54) is 0 Å². The molecule has 5 nitrogen and oxygen atoms in total. The van der Waals surface area contributed by atoms with Gasteiger partial charge in [-0.2, -0.15) is 0 Å². The number of carbonyl (C=O) groups is 1. The van der Waals surface area contributed by atoms with Gasteiger partial charge in [0, 0.05) is 18.1 Å². The predicted molar refractivity (Wildman–Crippen MR) is 89.4 cm³/mol. The topological polar surface area (TPSA) is 68.1 Å². The number of benzene rings is 1. The second-order valence-corrected chi connectivity index (χ2v) is 6.90. The quantitative estimate of drug-likeness (QED) is 0.862. The summed E-state index contributed by atoms with van der Waals surface area (Å²) < 4.78 is 10.6. The highest BCUT2D eigenvalue weighted by Crippen LogP contribution is 2.42. The summed E-state index contributed by atoms with van der Waals surface area (Å²) in [5.41, 5.74) is -0.168. The molecule has 0 spiro atoms. The molecule has 0 bridgehead atoms. The third-order valence-corrected chi connectivity index (χ3v) is 3.72. The Labute approximate surface area is 137 Å². The number of hydrogen-bond acceptors (Lipinski definition) is 5. The molecule has 0 saturated heterocycles. The lowest BCUT2D eigenvalue weighted by Crippen LogP contribution is -2.37. The number of esters is 1. The molecule has 0 radical (unpaired) electrons. The molecule has 1 aliphatic rings. The summed E-state index contributed by atoms with van der Waals surface area (Å²) in [7, 11) is 1.57. The summed E-state index contributed by atoms with van der Waals surface area (Å²) in [6.45, 7) is 7.43. The van der Waals surface area contributed by atoms with Crippen molar-refractivity contribution in [2.75, 3.05) is 7.11 Å². The molecule has 1 unspecified atom stereocenters. The number of hydrogen-bond donors (Lipinski definition) is 1. The maximum absolute atomic E-state index is 12.4. The minimum atomic E-state index is -1.11. The lowest BCUT2D eigenvalue weighted by molar-refractivity contribution is -0.146. The average Bonchev–Trinajstić information content (AvgIpc) is 2.44. The highest BCUT2D eigenvalue weighted by Gasteiger charge is 2.39. The van der Waals surface area contributed by atoms with Gasteiger partial charge in [0.1, 0.15) is 17.1 Å². The van der Waals surface area contributed by atoms with Crippen LogP contribution in [0.15, 0.2) is 23.2 Å². The first kappa shape index (κ1) is 17.5. The number of carbonyl (C=O) groups excluding carboxylic acids is 1. The Bertz CT molecular complexity index is 630. The summed E-state index contributed by atoms with van der Waals surface area (Å²) in [5.74, 6) is 0.150. The van der Waals surface area contributed by atoms with Gasteiger partial charge in [0.05, 0.1) is 18.4 Å². The smallest absolute Gasteiger partial charge is 0.353 e. The lowest BCUT2D eigenvalue weighted by Gasteiger charge is -2.33. The van der Waals surface area contributed by atoms with Crippen LogP contribution in [-0.4, -0.2) is 29.5 Å². The Hall–Kier alpha value is -1.88. The zero-order valence-corrected chi connectivity index (χ0v) is 14.5. The number of fused-ring (bicyclic) bond motifs is 1. The minimum Gasteiger partial charge on any atom is -0.497 e. The van der Waals surface area contributed by atoms with Gasteiger partial charge < -0.3 is 14.6 Å². The summed E-state index contributed by atoms with van der Waals surface area (Å²) in [5, 5.41) is 11.1. The molecule has 0 saturated carbocycles. The summed E-state index contributed by atoms with van der Waals surface area (Å²) in [6, 6.07) is 5.35. The van der Waals surface area contributed by atoms with Gasteiger partial charge in [-0.25, -0.2) is 9.79 Å². The molecule has 23 heavy (non-hydrogen) atoms. The van der Waals surface area contributed by atoms with Crippen molar-refractivity contribution in [1.29, 1.82) is 0 Å². The van der Waals surface area contributed by atoms with Gasteiger partial charge in [-0.3, -0.25) is 0 Å². The molecule has 1 aromatic rings. The van der Waals surface area contributed by atoms with E-state index in [1.807, 2.05) is 33.8 Å². The normalized spacial score (nSPS) is 20.5. The van der Waals surface area contributed by atoms with Crippen molar-refractivity contribution in [2.45, 2.75) is 58.2 Å². The van der Waals surface area contributed by atoms with Crippen LogP contribution >= 0.6 is 0 Å². The maximum Gasteiger partial charge on any atom is 0.353 e. The van der Waals surface area contributed by atoms with E-state index in [2.05, 4.69) is 4.99 Å². The SMILES string of the molecule is CCCC1(O)CC(C(=O)OC(C)(C)C)=Nc2cc(OC)ccc21. The van der Waals surface area contributed by atoms with Gasteiger partial charge in [-0.1, -0.05) is 19.4 Å². The van der Waals surface area contributed by atoms with E-state index in [0.29, 0.717) is 17.9 Å². The third-order valence-electron chi connectivity index (χ3n) is 3.72. The van der Waals surface area contributed by atoms with Crippen LogP contribution in [0.2, 0.25) is 0 Å². The van der Waals surface area contributed by atoms with E-state index < -0.39 is 17.2 Å². The Balaban J connectivity index is 2.46. The first-order valence-corrected chi connectivity index (χ1v) is 7.90. The van der Waals surface area contributed by atoms with E-state index in [4.69, 9.17) is 9.47 Å². The largest absolute Gasteiger partial charge is 0.497 e. The van der Waals surface area contributed by atoms with Gasteiger partial charge in [-0.05, 0) is 33.3 Å². The number of nitrogens with zero attached hydrogens (tertiary/aromatic N) is 1. The minimum absolute atomic E-state index is 0.162. The van der Waals surface area contributed by atoms with Crippen LogP contribution in [0.1, 0.15) is 52.5 Å². The predicted octanol–water partition coefficient (Wildman–Crippen LogP) is 3.50. The van der Waals surface area contributed by atoms with Gasteiger partial charge in [0.15, 0.2) is 0 Å². The average molecular weight is 319 g/mol. The zero-order chi connectivity index (χ0) is 17.3. The van der Waals surface area contributed by atoms with E-state index >= 15 is 0 Å². The van der Waals surface area contributed by atoms with Crippen LogP contribution in [0.4, 0.5) is 5.69 Å². The van der Waals surface area contributed by atoms with Crippen molar-refractivity contribution >= 4 is 17.4 Å². The van der Waals surface area contributed by atoms with Crippen LogP contribution in [-0.2, 0) is 15.1 Å². The summed E-state index contributed by atoms with van der Waals surface area (Å²) in [4.78, 5) is 16.8. The number of ether oxygens (including phenoxy) is 2. The molecule has 2 rings (SSSR count). The van der Waals surface area contributed by atoms with Crippen molar-refractivity contribution in [1.82, 2.24) is 0 Å². The standard InChI is InChI=1S/C18H25NO4/c1-6-9-18(21)11-15(16(20)23-17(2,3)4)19-14-10-12(22-5)7-8-13(14)18/h7-8,10,21H,6,9,11H2,1-5H3. The van der Waals surface area contributed by atoms with Crippen LogP contribution in [0.25, 0.3) is 0 Å². The Morgan fingerprint density at radius 2 is 2.09 bits per heavy atom. The number of aliphatic hydroxyl groups is 1. The van der Waals surface area contributed by atoms with Crippen molar-refractivity contribution in [3.63, 3.8) is 0 Å². The Kier molecular flexibility index (Phi) is 4.80. The Morgan fingerprint density at radius 3 is 2.65 bits per heavy atom. The fraction of sp³-hybridized carbons (Fsp3) is 0.556. The fourth-order valence-corrected chi connectivity index (χ4v) is 2.77. The molecule has 0 aromatic heterocycles. The molecule has 0 amide bonds. The van der Waals surface area contributed by atoms with Gasteiger partial charge in [0.2, 0.25) is 0 Å². The lowest BCUT2D eigenvalue weighted by atomic mass is 9.81. The molecule has 1 aromatic carbocycles. The van der Waals surface area contributed by atoms with Crippen molar-refractivity contribution in [3.05, 3.63) is 23.8 Å². The Morgan fingerprint density at radius 1 is 1.39 bits per heavy atom. The molecular weight excluding hydrogens is 294 g/mol. The monoisotopic (exact) mass is 319 g/mol. The van der Waals surface area contributed by atoms with Gasteiger partial charge >= 0.3 is 5.97 Å². The van der Waals surface area contributed by atoms with E-state index in [0.717, 1.165) is 12.0 Å². The summed E-state index contributed by atoms with van der Waals surface area (Å²) >= 11 is 0. The third kappa shape index (κ3) is 3.91. The van der Waals surface area contributed by atoms with Crippen molar-refractivity contribution < 1.29 is 19.4 Å². The maximum atomic E-state index is 12.4. The second-order valence-electron chi connectivity index (χ2n) is 6.90. The number of aliphatic imine (C=N–C) groups is 1. The van der Waals surface area contributed by atoms with E-state index in [9.17, 15) is 9.90 Å². The first-order valence-electron chi connectivity index (χ1n) is 7.90.